The molecule has 6 heteroatoms. The van der Waals surface area contributed by atoms with Crippen molar-refractivity contribution in [3.8, 4) is 0 Å². The molecular weight excluding hydrogens is 196 g/mol. The average Bonchev–Trinajstić information content (AvgIpc) is 2.29. The quantitative estimate of drug-likeness (QED) is 0.724. The molecule has 1 aliphatic heterocycles. The second kappa shape index (κ2) is 4.90. The molecule has 1 aliphatic rings. The molecule has 0 amide bonds. The first-order valence-electron chi connectivity index (χ1n) is 4.85. The molecule has 1 aromatic rings. The summed E-state index contributed by atoms with van der Waals surface area (Å²) in [7, 11) is 0. The van der Waals surface area contributed by atoms with E-state index in [1.165, 1.54) is 6.33 Å². The number of nitrogens with zero attached hydrogens (tertiary/aromatic N) is 2. The molecule has 0 aliphatic carbocycles. The Balaban J connectivity index is 1.84. The van der Waals surface area contributed by atoms with Crippen molar-refractivity contribution < 1.29 is 9.47 Å². The Kier molecular flexibility index (Phi) is 3.31. The first kappa shape index (κ1) is 10.1. The minimum atomic E-state index is 0.0631. The summed E-state index contributed by atoms with van der Waals surface area (Å²) in [6, 6.07) is 0. The first-order chi connectivity index (χ1) is 7.36. The predicted molar refractivity (Wildman–Crippen MR) is 55.5 cm³/mol. The van der Waals surface area contributed by atoms with Gasteiger partial charge in [0.25, 0.3) is 0 Å². The maximum Gasteiger partial charge on any atom is 0.152 e. The standard InChI is InChI=1S/C9H14N4O2/c10-8-4-11-6-13-9(8)12-3-7-5-14-1-2-15-7/h4,6-7H,1-3,5,10H2,(H,11,12,13). The Hall–Kier alpha value is -1.40. The van der Waals surface area contributed by atoms with E-state index in [2.05, 4.69) is 15.3 Å². The van der Waals surface area contributed by atoms with Crippen LogP contribution in [0.4, 0.5) is 11.5 Å². The molecule has 0 aromatic carbocycles. The Labute approximate surface area is 87.8 Å². The summed E-state index contributed by atoms with van der Waals surface area (Å²) in [5, 5.41) is 3.10. The molecular formula is C9H14N4O2. The van der Waals surface area contributed by atoms with Gasteiger partial charge in [-0.2, -0.15) is 0 Å². The zero-order chi connectivity index (χ0) is 10.5. The van der Waals surface area contributed by atoms with E-state index in [4.69, 9.17) is 15.2 Å². The van der Waals surface area contributed by atoms with Crippen molar-refractivity contribution in [1.82, 2.24) is 9.97 Å². The lowest BCUT2D eigenvalue weighted by molar-refractivity contribution is -0.0819. The van der Waals surface area contributed by atoms with Gasteiger partial charge in [0.15, 0.2) is 5.82 Å². The van der Waals surface area contributed by atoms with Crippen LogP contribution in [0.15, 0.2) is 12.5 Å². The van der Waals surface area contributed by atoms with Crippen LogP contribution in [0, 0.1) is 0 Å². The second-order valence-corrected chi connectivity index (χ2v) is 3.28. The third-order valence-corrected chi connectivity index (χ3v) is 2.12. The first-order valence-corrected chi connectivity index (χ1v) is 4.85. The molecule has 0 spiro atoms. The van der Waals surface area contributed by atoms with Gasteiger partial charge in [0.1, 0.15) is 6.33 Å². The summed E-state index contributed by atoms with van der Waals surface area (Å²) in [5.41, 5.74) is 6.21. The number of nitrogen functional groups attached to an aromatic ring is 1. The Bertz CT molecular complexity index is 315. The van der Waals surface area contributed by atoms with Crippen LogP contribution >= 0.6 is 0 Å². The normalized spacial score (nSPS) is 21.2. The van der Waals surface area contributed by atoms with Crippen molar-refractivity contribution in [2.75, 3.05) is 37.4 Å². The number of nitrogens with two attached hydrogens (primary N) is 1. The van der Waals surface area contributed by atoms with Gasteiger partial charge in [0.2, 0.25) is 0 Å². The van der Waals surface area contributed by atoms with E-state index in [-0.39, 0.29) is 6.10 Å². The van der Waals surface area contributed by atoms with E-state index in [1.807, 2.05) is 0 Å². The number of ether oxygens (including phenoxy) is 2. The van der Waals surface area contributed by atoms with Crippen LogP contribution in [-0.2, 0) is 9.47 Å². The zero-order valence-electron chi connectivity index (χ0n) is 8.35. The van der Waals surface area contributed by atoms with Gasteiger partial charge in [-0.1, -0.05) is 0 Å². The van der Waals surface area contributed by atoms with Crippen LogP contribution in [0.2, 0.25) is 0 Å². The highest BCUT2D eigenvalue weighted by Crippen LogP contribution is 2.12. The molecule has 1 aromatic heterocycles. The largest absolute Gasteiger partial charge is 0.394 e. The third-order valence-electron chi connectivity index (χ3n) is 2.12. The highest BCUT2D eigenvalue weighted by Gasteiger charge is 2.14. The van der Waals surface area contributed by atoms with Crippen LogP contribution in [0.3, 0.4) is 0 Å². The SMILES string of the molecule is Nc1cncnc1NCC1COCCO1. The van der Waals surface area contributed by atoms with Crippen LogP contribution in [0.25, 0.3) is 0 Å². The van der Waals surface area contributed by atoms with Gasteiger partial charge in [-0.15, -0.1) is 0 Å². The zero-order valence-corrected chi connectivity index (χ0v) is 8.35. The summed E-state index contributed by atoms with van der Waals surface area (Å²) in [4.78, 5) is 7.83. The minimum Gasteiger partial charge on any atom is -0.394 e. The highest BCUT2D eigenvalue weighted by molar-refractivity contribution is 5.58. The molecule has 0 saturated carbocycles. The fourth-order valence-electron chi connectivity index (χ4n) is 1.35. The maximum absolute atomic E-state index is 5.68. The summed E-state index contributed by atoms with van der Waals surface area (Å²) in [6.07, 6.45) is 3.08. The van der Waals surface area contributed by atoms with Gasteiger partial charge in [0, 0.05) is 6.54 Å². The molecule has 2 rings (SSSR count). The van der Waals surface area contributed by atoms with E-state index in [0.29, 0.717) is 37.9 Å². The van der Waals surface area contributed by atoms with Crippen LogP contribution in [0.1, 0.15) is 0 Å². The molecule has 1 saturated heterocycles. The van der Waals surface area contributed by atoms with Crippen molar-refractivity contribution in [3.63, 3.8) is 0 Å². The lowest BCUT2D eigenvalue weighted by Gasteiger charge is -2.23. The second-order valence-electron chi connectivity index (χ2n) is 3.28. The molecule has 3 N–H and O–H groups in total. The van der Waals surface area contributed by atoms with Gasteiger partial charge >= 0.3 is 0 Å². The molecule has 82 valence electrons. The number of rotatable bonds is 3. The molecule has 1 atom stereocenters. The summed E-state index contributed by atoms with van der Waals surface area (Å²) in [6.45, 7) is 2.57. The van der Waals surface area contributed by atoms with Gasteiger partial charge in [-0.05, 0) is 0 Å². The van der Waals surface area contributed by atoms with Crippen molar-refractivity contribution in [2.45, 2.75) is 6.10 Å². The monoisotopic (exact) mass is 210 g/mol. The van der Waals surface area contributed by atoms with Gasteiger partial charge in [0.05, 0.1) is 37.8 Å². The van der Waals surface area contributed by atoms with Gasteiger partial charge in [-0.25, -0.2) is 9.97 Å². The molecule has 6 nitrogen and oxygen atoms in total. The number of aromatic nitrogens is 2. The molecule has 15 heavy (non-hydrogen) atoms. The maximum atomic E-state index is 5.68. The van der Waals surface area contributed by atoms with Crippen LogP contribution in [0.5, 0.6) is 0 Å². The van der Waals surface area contributed by atoms with E-state index >= 15 is 0 Å². The lowest BCUT2D eigenvalue weighted by atomic mass is 10.3. The van der Waals surface area contributed by atoms with Crippen LogP contribution < -0.4 is 11.1 Å². The van der Waals surface area contributed by atoms with E-state index in [0.717, 1.165) is 0 Å². The fraction of sp³-hybridized carbons (Fsp3) is 0.556. The van der Waals surface area contributed by atoms with Crippen molar-refractivity contribution in [1.29, 1.82) is 0 Å². The Morgan fingerprint density at radius 2 is 2.47 bits per heavy atom. The molecule has 0 bridgehead atoms. The summed E-state index contributed by atoms with van der Waals surface area (Å²) in [5.74, 6) is 0.638. The number of hydrogen-bond acceptors (Lipinski definition) is 6. The van der Waals surface area contributed by atoms with Gasteiger partial charge < -0.3 is 20.5 Å². The molecule has 2 heterocycles. The van der Waals surface area contributed by atoms with Crippen molar-refractivity contribution in [3.05, 3.63) is 12.5 Å². The van der Waals surface area contributed by atoms with E-state index < -0.39 is 0 Å². The summed E-state index contributed by atoms with van der Waals surface area (Å²) >= 11 is 0. The predicted octanol–water partition coefficient (Wildman–Crippen LogP) is -0.114. The Morgan fingerprint density at radius 3 is 3.20 bits per heavy atom. The van der Waals surface area contributed by atoms with E-state index in [1.54, 1.807) is 6.20 Å². The number of anilines is 2. The average molecular weight is 210 g/mol. The highest BCUT2D eigenvalue weighted by atomic mass is 16.6. The molecule has 0 radical (unpaired) electrons. The molecule has 1 unspecified atom stereocenters. The molecule has 1 fully saturated rings. The number of hydrogen-bond donors (Lipinski definition) is 2. The van der Waals surface area contributed by atoms with E-state index in [9.17, 15) is 0 Å². The van der Waals surface area contributed by atoms with Crippen molar-refractivity contribution >= 4 is 11.5 Å². The Morgan fingerprint density at radius 1 is 1.53 bits per heavy atom. The summed E-state index contributed by atoms with van der Waals surface area (Å²) < 4.78 is 10.7. The van der Waals surface area contributed by atoms with Crippen molar-refractivity contribution in [2.24, 2.45) is 0 Å². The fourth-order valence-corrected chi connectivity index (χ4v) is 1.35. The topological polar surface area (TPSA) is 82.3 Å². The third kappa shape index (κ3) is 2.77. The van der Waals surface area contributed by atoms with Gasteiger partial charge in [-0.3, -0.25) is 0 Å². The minimum absolute atomic E-state index is 0.0631. The van der Waals surface area contributed by atoms with Crippen LogP contribution in [-0.4, -0.2) is 42.4 Å². The lowest BCUT2D eigenvalue weighted by Crippen LogP contribution is -2.34. The smallest absolute Gasteiger partial charge is 0.152 e. The number of nitrogens with one attached hydrogen (secondary N) is 1.